The lowest BCUT2D eigenvalue weighted by atomic mass is 10.1. The Morgan fingerprint density at radius 2 is 2.06 bits per heavy atom. The Morgan fingerprint density at radius 1 is 1.35 bits per heavy atom. The van der Waals surface area contributed by atoms with Crippen LogP contribution in [0.3, 0.4) is 0 Å². The molecule has 1 aromatic carbocycles. The van der Waals surface area contributed by atoms with E-state index in [1.807, 2.05) is 38.1 Å². The molecule has 4 nitrogen and oxygen atoms in total. The lowest BCUT2D eigenvalue weighted by Gasteiger charge is -2.00. The first kappa shape index (κ1) is 11.4. The predicted molar refractivity (Wildman–Crippen MR) is 64.8 cm³/mol. The minimum atomic E-state index is -0.865. The highest BCUT2D eigenvalue weighted by molar-refractivity contribution is 5.70. The highest BCUT2D eigenvalue weighted by Gasteiger charge is 2.12. The molecule has 0 amide bonds. The third-order valence-corrected chi connectivity index (χ3v) is 2.70. The molecule has 2 N–H and O–H groups in total. The van der Waals surface area contributed by atoms with E-state index in [-0.39, 0.29) is 6.42 Å². The number of carbonyl (C=O) groups is 1. The fourth-order valence-electron chi connectivity index (χ4n) is 1.78. The summed E-state index contributed by atoms with van der Waals surface area (Å²) in [5.74, 6) is -0.132. The molecule has 0 unspecified atom stereocenters. The van der Waals surface area contributed by atoms with Gasteiger partial charge in [-0.05, 0) is 19.4 Å². The van der Waals surface area contributed by atoms with Crippen molar-refractivity contribution in [3.63, 3.8) is 0 Å². The third-order valence-electron chi connectivity index (χ3n) is 2.70. The Bertz CT molecular complexity index is 558. The largest absolute Gasteiger partial charge is 0.481 e. The number of carboxylic acids is 1. The van der Waals surface area contributed by atoms with Crippen LogP contribution in [0.1, 0.15) is 17.0 Å². The van der Waals surface area contributed by atoms with Crippen molar-refractivity contribution in [1.29, 1.82) is 0 Å². The van der Waals surface area contributed by atoms with Crippen molar-refractivity contribution in [2.24, 2.45) is 0 Å². The predicted octanol–water partition coefficient (Wildman–Crippen LogP) is 2.32. The minimum Gasteiger partial charge on any atom is -0.481 e. The summed E-state index contributed by atoms with van der Waals surface area (Å²) in [6.07, 6.45) is -0.0474. The van der Waals surface area contributed by atoms with Crippen LogP contribution in [0.25, 0.3) is 11.4 Å². The smallest absolute Gasteiger partial charge is 0.309 e. The summed E-state index contributed by atoms with van der Waals surface area (Å²) >= 11 is 0. The van der Waals surface area contributed by atoms with Crippen LogP contribution in [0.2, 0.25) is 0 Å². The van der Waals surface area contributed by atoms with Crippen molar-refractivity contribution in [1.82, 2.24) is 9.97 Å². The molecule has 0 atom stereocenters. The van der Waals surface area contributed by atoms with Crippen LogP contribution < -0.4 is 0 Å². The van der Waals surface area contributed by atoms with E-state index in [1.54, 1.807) is 0 Å². The molecule has 0 fully saturated rings. The first-order valence-corrected chi connectivity index (χ1v) is 5.41. The second-order valence-corrected chi connectivity index (χ2v) is 4.04. The van der Waals surface area contributed by atoms with E-state index in [1.165, 1.54) is 0 Å². The number of benzene rings is 1. The number of carboxylic acid groups (broad SMARTS) is 1. The van der Waals surface area contributed by atoms with Gasteiger partial charge in [-0.2, -0.15) is 0 Å². The first-order valence-electron chi connectivity index (χ1n) is 5.41. The number of aromatic amines is 1. The third kappa shape index (κ3) is 2.36. The number of H-pyrrole nitrogens is 1. The van der Waals surface area contributed by atoms with Gasteiger partial charge in [0.15, 0.2) is 0 Å². The van der Waals surface area contributed by atoms with Gasteiger partial charge in [-0.1, -0.05) is 24.3 Å². The van der Waals surface area contributed by atoms with E-state index < -0.39 is 5.97 Å². The maximum absolute atomic E-state index is 10.7. The van der Waals surface area contributed by atoms with Crippen molar-refractivity contribution in [2.75, 3.05) is 0 Å². The molecule has 1 heterocycles. The lowest BCUT2D eigenvalue weighted by Crippen LogP contribution is -2.01. The molecular formula is C13H14N2O2. The highest BCUT2D eigenvalue weighted by Crippen LogP contribution is 2.21. The van der Waals surface area contributed by atoms with E-state index in [0.29, 0.717) is 5.69 Å². The minimum absolute atomic E-state index is 0.0474. The SMILES string of the molecule is Cc1ccccc1-c1nc(CC(=O)O)c(C)[nH]1. The van der Waals surface area contributed by atoms with Gasteiger partial charge in [-0.3, -0.25) is 4.79 Å². The van der Waals surface area contributed by atoms with Crippen molar-refractivity contribution in [3.8, 4) is 11.4 Å². The van der Waals surface area contributed by atoms with Crippen LogP contribution in [-0.4, -0.2) is 21.0 Å². The number of aryl methyl sites for hydroxylation is 2. The molecule has 0 radical (unpaired) electrons. The van der Waals surface area contributed by atoms with Gasteiger partial charge < -0.3 is 10.1 Å². The first-order chi connectivity index (χ1) is 8.08. The summed E-state index contributed by atoms with van der Waals surface area (Å²) in [4.78, 5) is 18.2. The van der Waals surface area contributed by atoms with E-state index in [0.717, 1.165) is 22.6 Å². The van der Waals surface area contributed by atoms with Crippen molar-refractivity contribution in [3.05, 3.63) is 41.2 Å². The molecule has 0 aliphatic rings. The van der Waals surface area contributed by atoms with Gasteiger partial charge in [0.25, 0.3) is 0 Å². The molecule has 2 rings (SSSR count). The number of rotatable bonds is 3. The number of hydrogen-bond acceptors (Lipinski definition) is 2. The number of imidazole rings is 1. The second-order valence-electron chi connectivity index (χ2n) is 4.04. The molecule has 0 bridgehead atoms. The maximum atomic E-state index is 10.7. The zero-order valence-electron chi connectivity index (χ0n) is 9.82. The maximum Gasteiger partial charge on any atom is 0.309 e. The van der Waals surface area contributed by atoms with E-state index in [4.69, 9.17) is 5.11 Å². The molecule has 0 spiro atoms. The Labute approximate surface area is 99.3 Å². The molecule has 0 saturated carbocycles. The normalized spacial score (nSPS) is 10.5. The summed E-state index contributed by atoms with van der Waals surface area (Å²) in [7, 11) is 0. The van der Waals surface area contributed by atoms with Crippen molar-refractivity contribution >= 4 is 5.97 Å². The second kappa shape index (κ2) is 4.41. The Balaban J connectivity index is 2.41. The Kier molecular flexibility index (Phi) is 2.95. The lowest BCUT2D eigenvalue weighted by molar-refractivity contribution is -0.136. The van der Waals surface area contributed by atoms with Crippen molar-refractivity contribution in [2.45, 2.75) is 20.3 Å². The van der Waals surface area contributed by atoms with E-state index in [9.17, 15) is 4.79 Å². The van der Waals surface area contributed by atoms with Crippen LogP contribution in [0.15, 0.2) is 24.3 Å². The van der Waals surface area contributed by atoms with Gasteiger partial charge in [-0.25, -0.2) is 4.98 Å². The van der Waals surface area contributed by atoms with Crippen LogP contribution in [-0.2, 0) is 11.2 Å². The van der Waals surface area contributed by atoms with Gasteiger partial charge in [-0.15, -0.1) is 0 Å². The van der Waals surface area contributed by atoms with E-state index in [2.05, 4.69) is 9.97 Å². The molecule has 0 aliphatic heterocycles. The van der Waals surface area contributed by atoms with Gasteiger partial charge in [0.05, 0.1) is 12.1 Å². The number of aromatic nitrogens is 2. The molecule has 2 aromatic rings. The van der Waals surface area contributed by atoms with Gasteiger partial charge in [0.1, 0.15) is 5.82 Å². The number of hydrogen-bond donors (Lipinski definition) is 2. The Morgan fingerprint density at radius 3 is 2.71 bits per heavy atom. The number of aliphatic carboxylic acids is 1. The average Bonchev–Trinajstić information content (AvgIpc) is 2.60. The zero-order chi connectivity index (χ0) is 12.4. The highest BCUT2D eigenvalue weighted by atomic mass is 16.4. The van der Waals surface area contributed by atoms with Crippen LogP contribution in [0, 0.1) is 13.8 Å². The van der Waals surface area contributed by atoms with Gasteiger partial charge in [0, 0.05) is 11.3 Å². The summed E-state index contributed by atoms with van der Waals surface area (Å²) in [5, 5.41) is 8.77. The molecule has 1 aromatic heterocycles. The Hall–Kier alpha value is -2.10. The van der Waals surface area contributed by atoms with Gasteiger partial charge in [0.2, 0.25) is 0 Å². The fourth-order valence-corrected chi connectivity index (χ4v) is 1.78. The van der Waals surface area contributed by atoms with Gasteiger partial charge >= 0.3 is 5.97 Å². The van der Waals surface area contributed by atoms with Crippen LogP contribution in [0.5, 0.6) is 0 Å². The molecule has 4 heteroatoms. The van der Waals surface area contributed by atoms with Crippen LogP contribution in [0.4, 0.5) is 0 Å². The fraction of sp³-hybridized carbons (Fsp3) is 0.231. The molecular weight excluding hydrogens is 216 g/mol. The summed E-state index contributed by atoms with van der Waals surface area (Å²) in [6.45, 7) is 3.84. The molecule has 88 valence electrons. The van der Waals surface area contributed by atoms with Crippen molar-refractivity contribution < 1.29 is 9.90 Å². The molecule has 0 saturated heterocycles. The summed E-state index contributed by atoms with van der Waals surface area (Å²) < 4.78 is 0. The average molecular weight is 230 g/mol. The number of nitrogens with zero attached hydrogens (tertiary/aromatic N) is 1. The molecule has 0 aliphatic carbocycles. The number of nitrogens with one attached hydrogen (secondary N) is 1. The van der Waals surface area contributed by atoms with E-state index >= 15 is 0 Å². The topological polar surface area (TPSA) is 66.0 Å². The molecule has 17 heavy (non-hydrogen) atoms. The van der Waals surface area contributed by atoms with Crippen LogP contribution >= 0.6 is 0 Å². The summed E-state index contributed by atoms with van der Waals surface area (Å²) in [6, 6.07) is 7.88. The summed E-state index contributed by atoms with van der Waals surface area (Å²) in [5.41, 5.74) is 3.52. The standard InChI is InChI=1S/C13H14N2O2/c1-8-5-3-4-6-10(8)13-14-9(2)11(15-13)7-12(16)17/h3-6H,7H2,1-2H3,(H,14,15)(H,16,17). The zero-order valence-corrected chi connectivity index (χ0v) is 9.82. The quantitative estimate of drug-likeness (QED) is 0.850. The monoisotopic (exact) mass is 230 g/mol.